The van der Waals surface area contributed by atoms with E-state index in [4.69, 9.17) is 0 Å². The molecule has 0 radical (unpaired) electrons. The van der Waals surface area contributed by atoms with Crippen LogP contribution in [0.3, 0.4) is 0 Å². The van der Waals surface area contributed by atoms with Crippen molar-refractivity contribution >= 4 is 32.5 Å². The molecule has 0 aliphatic rings. The van der Waals surface area contributed by atoms with Crippen LogP contribution in [-0.2, 0) is 14.8 Å². The van der Waals surface area contributed by atoms with E-state index in [0.29, 0.717) is 5.39 Å². The first kappa shape index (κ1) is 20.2. The van der Waals surface area contributed by atoms with Crippen LogP contribution in [0.2, 0.25) is 0 Å². The Labute approximate surface area is 154 Å². The lowest BCUT2D eigenvalue weighted by molar-refractivity contribution is -0.139. The molecule has 2 aromatic carbocycles. The number of nitrogens with one attached hydrogen (secondary N) is 1. The Morgan fingerprint density at radius 2 is 1.69 bits per heavy atom. The molecule has 0 fully saturated rings. The van der Waals surface area contributed by atoms with Gasteiger partial charge in [0.15, 0.2) is 0 Å². The number of benzene rings is 2. The van der Waals surface area contributed by atoms with Gasteiger partial charge in [-0.25, -0.2) is 8.42 Å². The average Bonchev–Trinajstić information content (AvgIpc) is 2.51. The monoisotopic (exact) mass is 378 g/mol. The quantitative estimate of drug-likeness (QED) is 0.807. The number of hydrogen-bond donors (Lipinski definition) is 2. The summed E-state index contributed by atoms with van der Waals surface area (Å²) in [7, 11) is -0.222. The normalized spacial score (nSPS) is 13.6. The zero-order valence-electron chi connectivity index (χ0n) is 15.8. The van der Waals surface area contributed by atoms with E-state index in [1.807, 2.05) is 51.9 Å². The van der Waals surface area contributed by atoms with Crippen molar-refractivity contribution in [2.45, 2.75) is 38.1 Å². The molecule has 0 bridgehead atoms. The summed E-state index contributed by atoms with van der Waals surface area (Å²) in [6, 6.07) is 9.27. The molecule has 0 aliphatic carbocycles. The molecule has 2 N–H and O–H groups in total. The first-order valence-corrected chi connectivity index (χ1v) is 9.85. The van der Waals surface area contributed by atoms with E-state index in [9.17, 15) is 18.3 Å². The minimum absolute atomic E-state index is 0.0823. The fraction of sp³-hybridized carbons (Fsp3) is 0.421. The number of sulfonamides is 1. The molecule has 6 nitrogen and oxygen atoms in total. The maximum atomic E-state index is 12.9. The molecule has 2 rings (SSSR count). The van der Waals surface area contributed by atoms with E-state index >= 15 is 0 Å². The van der Waals surface area contributed by atoms with Gasteiger partial charge in [0.1, 0.15) is 6.04 Å². The number of aliphatic carboxylic acids is 1. The molecule has 7 heteroatoms. The van der Waals surface area contributed by atoms with Gasteiger partial charge in [0, 0.05) is 30.6 Å². The topological polar surface area (TPSA) is 86.7 Å². The van der Waals surface area contributed by atoms with Gasteiger partial charge in [0.25, 0.3) is 0 Å². The van der Waals surface area contributed by atoms with Crippen LogP contribution in [0.1, 0.15) is 27.2 Å². The highest BCUT2D eigenvalue weighted by molar-refractivity contribution is 7.89. The van der Waals surface area contributed by atoms with Gasteiger partial charge in [-0.2, -0.15) is 4.72 Å². The van der Waals surface area contributed by atoms with E-state index in [1.165, 1.54) is 6.07 Å². The van der Waals surface area contributed by atoms with Crippen molar-refractivity contribution in [1.29, 1.82) is 0 Å². The van der Waals surface area contributed by atoms with Crippen molar-refractivity contribution in [3.8, 4) is 0 Å². The van der Waals surface area contributed by atoms with Crippen LogP contribution in [0.4, 0.5) is 5.69 Å². The highest BCUT2D eigenvalue weighted by atomic mass is 32.2. The lowest BCUT2D eigenvalue weighted by Crippen LogP contribution is -2.43. The van der Waals surface area contributed by atoms with Gasteiger partial charge in [-0.1, -0.05) is 45.0 Å². The molecule has 0 aromatic heterocycles. The largest absolute Gasteiger partial charge is 0.480 e. The zero-order chi connectivity index (χ0) is 19.7. The van der Waals surface area contributed by atoms with Gasteiger partial charge >= 0.3 is 5.97 Å². The Hall–Kier alpha value is -2.12. The summed E-state index contributed by atoms with van der Waals surface area (Å²) in [4.78, 5) is 13.6. The van der Waals surface area contributed by atoms with Crippen molar-refractivity contribution in [3.05, 3.63) is 36.4 Å². The Morgan fingerprint density at radius 1 is 1.12 bits per heavy atom. The lowest BCUT2D eigenvalue weighted by Gasteiger charge is -2.24. The Bertz CT molecular complexity index is 915. The van der Waals surface area contributed by atoms with Crippen LogP contribution >= 0.6 is 0 Å². The molecule has 0 unspecified atom stereocenters. The van der Waals surface area contributed by atoms with Crippen molar-refractivity contribution in [2.24, 2.45) is 5.41 Å². The highest BCUT2D eigenvalue weighted by Crippen LogP contribution is 2.30. The molecule has 1 atom stereocenters. The van der Waals surface area contributed by atoms with Gasteiger partial charge in [-0.05, 0) is 24.0 Å². The van der Waals surface area contributed by atoms with Gasteiger partial charge in [0.2, 0.25) is 10.0 Å². The van der Waals surface area contributed by atoms with E-state index in [1.54, 1.807) is 18.2 Å². The third-order valence-corrected chi connectivity index (χ3v) is 5.57. The summed E-state index contributed by atoms with van der Waals surface area (Å²) < 4.78 is 28.2. The SMILES string of the molecule is CN(C)c1cccc2c(S(=O)(=O)N[C@@H](CC(C)(C)C)C(=O)O)cccc12. The summed E-state index contributed by atoms with van der Waals surface area (Å²) in [6.07, 6.45) is 0.190. The molecule has 0 heterocycles. The summed E-state index contributed by atoms with van der Waals surface area (Å²) in [5, 5.41) is 10.8. The van der Waals surface area contributed by atoms with E-state index in [0.717, 1.165) is 11.1 Å². The molecule has 0 amide bonds. The first-order chi connectivity index (χ1) is 11.9. The molecule has 0 saturated heterocycles. The lowest BCUT2D eigenvalue weighted by atomic mass is 9.88. The van der Waals surface area contributed by atoms with Crippen LogP contribution in [0, 0.1) is 5.41 Å². The minimum Gasteiger partial charge on any atom is -0.480 e. The number of carbonyl (C=O) groups is 1. The number of carboxylic acids is 1. The van der Waals surface area contributed by atoms with Crippen LogP contribution in [0.25, 0.3) is 10.8 Å². The fourth-order valence-electron chi connectivity index (χ4n) is 2.93. The second-order valence-corrected chi connectivity index (χ2v) is 9.48. The van der Waals surface area contributed by atoms with Gasteiger partial charge in [-0.3, -0.25) is 4.79 Å². The smallest absolute Gasteiger partial charge is 0.321 e. The number of hydrogen-bond acceptors (Lipinski definition) is 4. The number of fused-ring (bicyclic) bond motifs is 1. The molecule has 0 spiro atoms. The Balaban J connectivity index is 2.52. The predicted molar refractivity (Wildman–Crippen MR) is 104 cm³/mol. The van der Waals surface area contributed by atoms with Crippen LogP contribution in [0.15, 0.2) is 41.3 Å². The van der Waals surface area contributed by atoms with Crippen molar-refractivity contribution in [3.63, 3.8) is 0 Å². The molecular formula is C19H26N2O4S. The molecule has 2 aromatic rings. The number of anilines is 1. The fourth-order valence-corrected chi connectivity index (χ4v) is 4.34. The van der Waals surface area contributed by atoms with Crippen molar-refractivity contribution in [1.82, 2.24) is 4.72 Å². The van der Waals surface area contributed by atoms with Crippen molar-refractivity contribution < 1.29 is 18.3 Å². The first-order valence-electron chi connectivity index (χ1n) is 8.36. The van der Waals surface area contributed by atoms with Crippen molar-refractivity contribution in [2.75, 3.05) is 19.0 Å². The number of rotatable bonds is 6. The van der Waals surface area contributed by atoms with Gasteiger partial charge in [-0.15, -0.1) is 0 Å². The maximum Gasteiger partial charge on any atom is 0.321 e. The second-order valence-electron chi connectivity index (χ2n) is 7.80. The second kappa shape index (κ2) is 7.25. The van der Waals surface area contributed by atoms with Crippen LogP contribution < -0.4 is 9.62 Å². The summed E-state index contributed by atoms with van der Waals surface area (Å²) in [5.74, 6) is -1.18. The predicted octanol–water partition coefficient (Wildman–Crippen LogP) is 3.07. The zero-order valence-corrected chi connectivity index (χ0v) is 16.6. The Kier molecular flexibility index (Phi) is 5.63. The Morgan fingerprint density at radius 3 is 2.23 bits per heavy atom. The van der Waals surface area contributed by atoms with Crippen LogP contribution in [-0.4, -0.2) is 39.6 Å². The molecule has 142 valence electrons. The summed E-state index contributed by atoms with van der Waals surface area (Å²) in [6.45, 7) is 5.62. The van der Waals surface area contributed by atoms with E-state index in [-0.39, 0.29) is 16.7 Å². The third-order valence-electron chi connectivity index (χ3n) is 4.04. The molecular weight excluding hydrogens is 352 g/mol. The van der Waals surface area contributed by atoms with E-state index < -0.39 is 22.0 Å². The van der Waals surface area contributed by atoms with Gasteiger partial charge in [0.05, 0.1) is 4.90 Å². The van der Waals surface area contributed by atoms with E-state index in [2.05, 4.69) is 4.72 Å². The minimum atomic E-state index is -4.00. The van der Waals surface area contributed by atoms with Gasteiger partial charge < -0.3 is 10.0 Å². The molecule has 26 heavy (non-hydrogen) atoms. The number of nitrogens with zero attached hydrogens (tertiary/aromatic N) is 1. The third kappa shape index (κ3) is 4.53. The summed E-state index contributed by atoms with van der Waals surface area (Å²) in [5.41, 5.74) is 0.562. The maximum absolute atomic E-state index is 12.9. The standard InChI is InChI=1S/C19H26N2O4S/c1-19(2,3)12-15(18(22)23)20-26(24,25)17-11-7-8-13-14(17)9-6-10-16(13)21(4)5/h6-11,15,20H,12H2,1-5H3,(H,22,23)/t15-/m0/s1. The molecule has 0 aliphatic heterocycles. The average molecular weight is 378 g/mol. The van der Waals surface area contributed by atoms with Crippen LogP contribution in [0.5, 0.6) is 0 Å². The number of carboxylic acid groups (broad SMARTS) is 1. The summed E-state index contributed by atoms with van der Waals surface area (Å²) >= 11 is 0. The molecule has 0 saturated carbocycles. The highest BCUT2D eigenvalue weighted by Gasteiger charge is 2.30.